The second-order valence-electron chi connectivity index (χ2n) is 6.10. The Morgan fingerprint density at radius 1 is 1.22 bits per heavy atom. The number of rotatable bonds is 5. The van der Waals surface area contributed by atoms with E-state index in [1.54, 1.807) is 6.92 Å². The molecule has 1 aromatic rings. The van der Waals surface area contributed by atoms with Crippen LogP contribution in [0.1, 0.15) is 73.2 Å². The van der Waals surface area contributed by atoms with E-state index in [0.717, 1.165) is 25.7 Å². The second kappa shape index (κ2) is 7.94. The van der Waals surface area contributed by atoms with Gasteiger partial charge in [0.25, 0.3) is 5.91 Å². The molecule has 1 saturated carbocycles. The van der Waals surface area contributed by atoms with E-state index >= 15 is 0 Å². The summed E-state index contributed by atoms with van der Waals surface area (Å²) in [4.78, 5) is 38.1. The quantitative estimate of drug-likeness (QED) is 0.496. The molecule has 0 bridgehead atoms. The van der Waals surface area contributed by atoms with Gasteiger partial charge in [-0.2, -0.15) is 0 Å². The fourth-order valence-electron chi connectivity index (χ4n) is 2.74. The molecule has 1 aliphatic rings. The number of ether oxygens (including phenoxy) is 1. The van der Waals surface area contributed by atoms with Gasteiger partial charge in [-0.25, -0.2) is 4.79 Å². The minimum atomic E-state index is -0.866. The molecule has 0 radical (unpaired) electrons. The largest absolute Gasteiger partial charge is 0.448 e. The van der Waals surface area contributed by atoms with Crippen LogP contribution < -0.4 is 5.32 Å². The monoisotopic (exact) mass is 320 g/mol. The van der Waals surface area contributed by atoms with Gasteiger partial charge in [-0.05, 0) is 32.8 Å². The Bertz CT molecular complexity index is 571. The predicted molar refractivity (Wildman–Crippen MR) is 85.3 cm³/mol. The van der Waals surface area contributed by atoms with Gasteiger partial charge in [0.15, 0.2) is 11.9 Å². The van der Waals surface area contributed by atoms with Crippen LogP contribution in [0.4, 0.5) is 0 Å². The minimum Gasteiger partial charge on any atom is -0.448 e. The molecule has 0 aliphatic heterocycles. The van der Waals surface area contributed by atoms with Gasteiger partial charge in [0, 0.05) is 17.8 Å². The van der Waals surface area contributed by atoms with E-state index in [4.69, 9.17) is 4.74 Å². The zero-order valence-electron chi connectivity index (χ0n) is 13.7. The smallest absolute Gasteiger partial charge is 0.355 e. The number of aromatic nitrogens is 1. The number of carbonyl (C=O) groups excluding carboxylic acids is 3. The molecule has 1 heterocycles. The van der Waals surface area contributed by atoms with E-state index < -0.39 is 12.1 Å². The van der Waals surface area contributed by atoms with E-state index in [0.29, 0.717) is 5.56 Å². The van der Waals surface area contributed by atoms with E-state index in [1.165, 1.54) is 32.0 Å². The molecule has 6 heteroatoms. The number of H-pyrrole nitrogens is 1. The lowest BCUT2D eigenvalue weighted by atomic mass is 10.1. The Hall–Kier alpha value is -2.11. The predicted octanol–water partition coefficient (Wildman–Crippen LogP) is 2.60. The van der Waals surface area contributed by atoms with E-state index in [-0.39, 0.29) is 23.4 Å². The van der Waals surface area contributed by atoms with Crippen molar-refractivity contribution in [1.82, 2.24) is 10.3 Å². The zero-order chi connectivity index (χ0) is 16.8. The number of aromatic amines is 1. The van der Waals surface area contributed by atoms with Crippen molar-refractivity contribution in [1.29, 1.82) is 0 Å². The molecule has 0 aromatic carbocycles. The normalized spacial score (nSPS) is 17.1. The number of hydrogen-bond acceptors (Lipinski definition) is 4. The van der Waals surface area contributed by atoms with Crippen LogP contribution in [0.25, 0.3) is 0 Å². The van der Waals surface area contributed by atoms with Gasteiger partial charge in [-0.3, -0.25) is 9.59 Å². The van der Waals surface area contributed by atoms with Crippen LogP contribution in [0.15, 0.2) is 12.3 Å². The van der Waals surface area contributed by atoms with Gasteiger partial charge in [0.05, 0.1) is 0 Å². The summed E-state index contributed by atoms with van der Waals surface area (Å²) in [6.07, 6.45) is 7.20. The number of ketones is 1. The maximum atomic E-state index is 12.2. The van der Waals surface area contributed by atoms with E-state index in [1.807, 2.05) is 0 Å². The Kier molecular flexibility index (Phi) is 5.96. The summed E-state index contributed by atoms with van der Waals surface area (Å²) in [5, 5.41) is 2.96. The molecular weight excluding hydrogens is 296 g/mol. The van der Waals surface area contributed by atoms with Crippen LogP contribution >= 0.6 is 0 Å². The van der Waals surface area contributed by atoms with Crippen molar-refractivity contribution in [2.45, 2.75) is 64.5 Å². The van der Waals surface area contributed by atoms with Crippen molar-refractivity contribution >= 4 is 17.7 Å². The molecule has 2 N–H and O–H groups in total. The van der Waals surface area contributed by atoms with Crippen molar-refractivity contribution in [3.8, 4) is 0 Å². The van der Waals surface area contributed by atoms with Crippen LogP contribution in [0.2, 0.25) is 0 Å². The average Bonchev–Trinajstić information content (AvgIpc) is 2.87. The van der Waals surface area contributed by atoms with Gasteiger partial charge in [0.2, 0.25) is 0 Å². The van der Waals surface area contributed by atoms with Crippen molar-refractivity contribution in [3.05, 3.63) is 23.5 Å². The highest BCUT2D eigenvalue weighted by molar-refractivity contribution is 5.98. The Balaban J connectivity index is 1.86. The molecule has 1 amide bonds. The lowest BCUT2D eigenvalue weighted by molar-refractivity contribution is -0.129. The molecule has 2 rings (SSSR count). The fourth-order valence-corrected chi connectivity index (χ4v) is 2.74. The van der Waals surface area contributed by atoms with Crippen LogP contribution in [0.3, 0.4) is 0 Å². The molecule has 1 aromatic heterocycles. The highest BCUT2D eigenvalue weighted by Gasteiger charge is 2.23. The summed E-state index contributed by atoms with van der Waals surface area (Å²) >= 11 is 0. The van der Waals surface area contributed by atoms with Crippen molar-refractivity contribution < 1.29 is 19.1 Å². The summed E-state index contributed by atoms with van der Waals surface area (Å²) < 4.78 is 5.17. The molecule has 1 atom stereocenters. The Morgan fingerprint density at radius 2 is 1.87 bits per heavy atom. The van der Waals surface area contributed by atoms with Gasteiger partial charge < -0.3 is 15.0 Å². The van der Waals surface area contributed by atoms with Crippen LogP contribution in [-0.4, -0.2) is 34.8 Å². The summed E-state index contributed by atoms with van der Waals surface area (Å²) in [6, 6.07) is 1.60. The number of amides is 1. The first-order valence-corrected chi connectivity index (χ1v) is 8.18. The molecule has 0 unspecified atom stereocenters. The zero-order valence-corrected chi connectivity index (χ0v) is 13.7. The van der Waals surface area contributed by atoms with Crippen LogP contribution in [0, 0.1) is 0 Å². The molecular formula is C17H24N2O4. The van der Waals surface area contributed by atoms with E-state index in [2.05, 4.69) is 10.3 Å². The fraction of sp³-hybridized carbons (Fsp3) is 0.588. The number of nitrogens with one attached hydrogen (secondary N) is 2. The molecule has 23 heavy (non-hydrogen) atoms. The molecule has 1 fully saturated rings. The average molecular weight is 320 g/mol. The van der Waals surface area contributed by atoms with Gasteiger partial charge in [-0.15, -0.1) is 0 Å². The lowest BCUT2D eigenvalue weighted by Gasteiger charge is -2.19. The van der Waals surface area contributed by atoms with Crippen LogP contribution in [-0.2, 0) is 9.53 Å². The highest BCUT2D eigenvalue weighted by atomic mass is 16.5. The lowest BCUT2D eigenvalue weighted by Crippen LogP contribution is -2.41. The van der Waals surface area contributed by atoms with Gasteiger partial charge >= 0.3 is 5.97 Å². The summed E-state index contributed by atoms with van der Waals surface area (Å²) in [5.41, 5.74) is 0.580. The third-order valence-corrected chi connectivity index (χ3v) is 4.16. The topological polar surface area (TPSA) is 88.3 Å². The number of esters is 1. The minimum absolute atomic E-state index is 0.139. The number of hydrogen-bond donors (Lipinski definition) is 2. The Morgan fingerprint density at radius 3 is 2.43 bits per heavy atom. The molecule has 126 valence electrons. The van der Waals surface area contributed by atoms with E-state index in [9.17, 15) is 14.4 Å². The maximum absolute atomic E-state index is 12.2. The highest BCUT2D eigenvalue weighted by Crippen LogP contribution is 2.17. The van der Waals surface area contributed by atoms with Gasteiger partial charge in [-0.1, -0.05) is 25.7 Å². The maximum Gasteiger partial charge on any atom is 0.355 e. The number of carbonyl (C=O) groups is 3. The second-order valence-corrected chi connectivity index (χ2v) is 6.10. The third-order valence-electron chi connectivity index (χ3n) is 4.16. The Labute approximate surface area is 136 Å². The molecule has 0 saturated heterocycles. The van der Waals surface area contributed by atoms with Crippen molar-refractivity contribution in [2.75, 3.05) is 0 Å². The molecule has 1 aliphatic carbocycles. The first kappa shape index (κ1) is 17.2. The van der Waals surface area contributed by atoms with Crippen molar-refractivity contribution in [3.63, 3.8) is 0 Å². The number of Topliss-reactive ketones (excluding diaryl/α,β-unsaturated/α-hetero) is 1. The molecule has 0 spiro atoms. The SMILES string of the molecule is CC(=O)c1c[nH]c(C(=O)O[C@H](C)C(=O)NC2CCCCCC2)c1. The summed E-state index contributed by atoms with van der Waals surface area (Å²) in [6.45, 7) is 2.97. The van der Waals surface area contributed by atoms with Gasteiger partial charge in [0.1, 0.15) is 5.69 Å². The van der Waals surface area contributed by atoms with Crippen LogP contribution in [0.5, 0.6) is 0 Å². The van der Waals surface area contributed by atoms with Crippen molar-refractivity contribution in [2.24, 2.45) is 0 Å². The third kappa shape index (κ3) is 4.94. The first-order chi connectivity index (χ1) is 11.0. The standard InChI is InChI=1S/C17H24N2O4/c1-11(20)13-9-15(18-10-13)17(22)23-12(2)16(21)19-14-7-5-3-4-6-8-14/h9-10,12,14,18H,3-8H2,1-2H3,(H,19,21)/t12-/m1/s1. The molecule has 6 nitrogen and oxygen atoms in total. The first-order valence-electron chi connectivity index (χ1n) is 8.18. The summed E-state index contributed by atoms with van der Waals surface area (Å²) in [5.74, 6) is -1.05. The summed E-state index contributed by atoms with van der Waals surface area (Å²) in [7, 11) is 0.